The Kier molecular flexibility index (Phi) is 3.21. The molecule has 6 heteroatoms. The third-order valence-corrected chi connectivity index (χ3v) is 2.85. The second-order valence-corrected chi connectivity index (χ2v) is 3.97. The highest BCUT2D eigenvalue weighted by molar-refractivity contribution is 5.50. The largest absolute Gasteiger partial charge is 0.394 e. The van der Waals surface area contributed by atoms with Crippen molar-refractivity contribution in [2.75, 3.05) is 23.5 Å². The lowest BCUT2D eigenvalue weighted by Crippen LogP contribution is -2.33. The van der Waals surface area contributed by atoms with E-state index >= 15 is 0 Å². The summed E-state index contributed by atoms with van der Waals surface area (Å²) in [4.78, 5) is 10.6. The maximum absolute atomic E-state index is 9.27. The summed E-state index contributed by atoms with van der Waals surface area (Å²) in [5.74, 6) is 7.45. The van der Waals surface area contributed by atoms with Gasteiger partial charge in [0.05, 0.1) is 12.6 Å². The fourth-order valence-corrected chi connectivity index (χ4v) is 2.10. The van der Waals surface area contributed by atoms with Gasteiger partial charge in [-0.05, 0) is 19.8 Å². The molecule has 0 spiro atoms. The summed E-state index contributed by atoms with van der Waals surface area (Å²) in [7, 11) is 0. The van der Waals surface area contributed by atoms with E-state index < -0.39 is 0 Å². The summed E-state index contributed by atoms with van der Waals surface area (Å²) >= 11 is 0. The first-order valence-electron chi connectivity index (χ1n) is 5.44. The molecule has 1 aromatic heterocycles. The molecule has 0 amide bonds. The van der Waals surface area contributed by atoms with Crippen LogP contribution < -0.4 is 16.2 Å². The Morgan fingerprint density at radius 3 is 3.12 bits per heavy atom. The van der Waals surface area contributed by atoms with E-state index in [0.717, 1.165) is 25.2 Å². The second-order valence-electron chi connectivity index (χ2n) is 3.97. The van der Waals surface area contributed by atoms with Crippen LogP contribution in [0.4, 0.5) is 11.6 Å². The smallest absolute Gasteiger partial charge is 0.145 e. The summed E-state index contributed by atoms with van der Waals surface area (Å²) in [5.41, 5.74) is 2.52. The third kappa shape index (κ3) is 2.07. The molecule has 1 aliphatic heterocycles. The van der Waals surface area contributed by atoms with Gasteiger partial charge in [0.15, 0.2) is 0 Å². The summed E-state index contributed by atoms with van der Waals surface area (Å²) in [5, 5.41) is 9.27. The molecule has 1 aliphatic rings. The van der Waals surface area contributed by atoms with Crippen molar-refractivity contribution in [1.82, 2.24) is 9.97 Å². The van der Waals surface area contributed by atoms with Crippen molar-refractivity contribution in [3.05, 3.63) is 11.9 Å². The highest BCUT2D eigenvalue weighted by Gasteiger charge is 2.25. The van der Waals surface area contributed by atoms with Gasteiger partial charge in [0.1, 0.15) is 17.5 Å². The number of nitrogen functional groups attached to an aromatic ring is 1. The fourth-order valence-electron chi connectivity index (χ4n) is 2.10. The number of hydrogen-bond donors (Lipinski definition) is 3. The fraction of sp³-hybridized carbons (Fsp3) is 0.600. The Morgan fingerprint density at radius 1 is 1.62 bits per heavy atom. The molecule has 0 radical (unpaired) electrons. The van der Waals surface area contributed by atoms with Crippen LogP contribution in [0.25, 0.3) is 0 Å². The highest BCUT2D eigenvalue weighted by Crippen LogP contribution is 2.24. The number of anilines is 2. The number of aromatic nitrogens is 2. The van der Waals surface area contributed by atoms with E-state index in [-0.39, 0.29) is 12.6 Å². The second kappa shape index (κ2) is 4.63. The van der Waals surface area contributed by atoms with Gasteiger partial charge in [0.2, 0.25) is 0 Å². The quantitative estimate of drug-likeness (QED) is 0.495. The minimum Gasteiger partial charge on any atom is -0.394 e. The Labute approximate surface area is 94.5 Å². The van der Waals surface area contributed by atoms with Crippen molar-refractivity contribution in [2.24, 2.45) is 5.84 Å². The predicted molar refractivity (Wildman–Crippen MR) is 62.0 cm³/mol. The predicted octanol–water partition coefficient (Wildman–Crippen LogP) is 0.0317. The summed E-state index contributed by atoms with van der Waals surface area (Å²) < 4.78 is 0. The summed E-state index contributed by atoms with van der Waals surface area (Å²) in [6, 6.07) is 1.97. The molecular formula is C10H17N5O. The first-order chi connectivity index (χ1) is 7.74. The van der Waals surface area contributed by atoms with Crippen LogP contribution in [-0.2, 0) is 0 Å². The number of nitrogens with zero attached hydrogens (tertiary/aromatic N) is 3. The zero-order chi connectivity index (χ0) is 11.5. The topological polar surface area (TPSA) is 87.3 Å². The van der Waals surface area contributed by atoms with Crippen molar-refractivity contribution in [2.45, 2.75) is 25.8 Å². The maximum atomic E-state index is 9.27. The monoisotopic (exact) mass is 223 g/mol. The third-order valence-electron chi connectivity index (χ3n) is 2.85. The minimum atomic E-state index is 0.161. The molecule has 2 heterocycles. The first-order valence-corrected chi connectivity index (χ1v) is 5.44. The molecule has 1 saturated heterocycles. The molecule has 0 bridgehead atoms. The SMILES string of the molecule is Cc1nc(NN)cc(N2CCCC2CO)n1. The number of hydrogen-bond acceptors (Lipinski definition) is 6. The molecule has 2 rings (SSSR count). The van der Waals surface area contributed by atoms with Crippen LogP contribution in [0.3, 0.4) is 0 Å². The standard InChI is InChI=1S/C10H17N5O/c1-7-12-9(14-11)5-10(13-7)15-4-2-3-8(15)6-16/h5,8,16H,2-4,6,11H2,1H3,(H,12,13,14). The first kappa shape index (κ1) is 11.1. The molecule has 4 N–H and O–H groups in total. The van der Waals surface area contributed by atoms with Crippen LogP contribution in [0.1, 0.15) is 18.7 Å². The Hall–Kier alpha value is -1.40. The summed E-state index contributed by atoms with van der Waals surface area (Å²) in [6.07, 6.45) is 2.09. The van der Waals surface area contributed by atoms with Gasteiger partial charge in [0.25, 0.3) is 0 Å². The lowest BCUT2D eigenvalue weighted by atomic mass is 10.2. The van der Waals surface area contributed by atoms with E-state index in [9.17, 15) is 5.11 Å². The van der Waals surface area contributed by atoms with E-state index in [0.29, 0.717) is 11.6 Å². The molecule has 16 heavy (non-hydrogen) atoms. The van der Waals surface area contributed by atoms with Gasteiger partial charge in [-0.25, -0.2) is 15.8 Å². The van der Waals surface area contributed by atoms with Crippen LogP contribution in [0.5, 0.6) is 0 Å². The normalized spacial score (nSPS) is 20.2. The van der Waals surface area contributed by atoms with Gasteiger partial charge < -0.3 is 15.4 Å². The molecule has 0 aromatic carbocycles. The van der Waals surface area contributed by atoms with Crippen molar-refractivity contribution in [3.8, 4) is 0 Å². The van der Waals surface area contributed by atoms with Gasteiger partial charge >= 0.3 is 0 Å². The number of hydrazine groups is 1. The van der Waals surface area contributed by atoms with Crippen molar-refractivity contribution < 1.29 is 5.11 Å². The van der Waals surface area contributed by atoms with Gasteiger partial charge in [0, 0.05) is 12.6 Å². The number of nitrogens with two attached hydrogens (primary N) is 1. The molecule has 0 saturated carbocycles. The van der Waals surface area contributed by atoms with Crippen molar-refractivity contribution >= 4 is 11.6 Å². The van der Waals surface area contributed by atoms with Crippen LogP contribution in [0.2, 0.25) is 0 Å². The lowest BCUT2D eigenvalue weighted by molar-refractivity contribution is 0.266. The lowest BCUT2D eigenvalue weighted by Gasteiger charge is -2.24. The van der Waals surface area contributed by atoms with Crippen LogP contribution >= 0.6 is 0 Å². The molecule has 1 atom stereocenters. The van der Waals surface area contributed by atoms with E-state index in [1.54, 1.807) is 6.07 Å². The molecule has 0 aliphatic carbocycles. The number of nitrogens with one attached hydrogen (secondary N) is 1. The number of aryl methyl sites for hydroxylation is 1. The van der Waals surface area contributed by atoms with Gasteiger partial charge in [-0.2, -0.15) is 0 Å². The Balaban J connectivity index is 2.28. The average Bonchev–Trinajstić information content (AvgIpc) is 2.76. The number of aliphatic hydroxyl groups excluding tert-OH is 1. The number of aliphatic hydroxyl groups is 1. The van der Waals surface area contributed by atoms with E-state index in [1.165, 1.54) is 0 Å². The van der Waals surface area contributed by atoms with Crippen molar-refractivity contribution in [3.63, 3.8) is 0 Å². The van der Waals surface area contributed by atoms with E-state index in [1.807, 2.05) is 6.92 Å². The number of rotatable bonds is 3. The van der Waals surface area contributed by atoms with E-state index in [4.69, 9.17) is 5.84 Å². The minimum absolute atomic E-state index is 0.161. The highest BCUT2D eigenvalue weighted by atomic mass is 16.3. The molecule has 1 unspecified atom stereocenters. The zero-order valence-electron chi connectivity index (χ0n) is 9.35. The van der Waals surface area contributed by atoms with Gasteiger partial charge in [-0.3, -0.25) is 0 Å². The molecule has 88 valence electrons. The Bertz CT molecular complexity index is 370. The average molecular weight is 223 g/mol. The van der Waals surface area contributed by atoms with Crippen LogP contribution in [0, 0.1) is 6.92 Å². The molecule has 1 fully saturated rings. The Morgan fingerprint density at radius 2 is 2.44 bits per heavy atom. The zero-order valence-corrected chi connectivity index (χ0v) is 9.35. The molecular weight excluding hydrogens is 206 g/mol. The van der Waals surface area contributed by atoms with Gasteiger partial charge in [-0.15, -0.1) is 0 Å². The maximum Gasteiger partial charge on any atom is 0.145 e. The molecule has 6 nitrogen and oxygen atoms in total. The van der Waals surface area contributed by atoms with Crippen molar-refractivity contribution in [1.29, 1.82) is 0 Å². The summed E-state index contributed by atoms with van der Waals surface area (Å²) in [6.45, 7) is 2.91. The van der Waals surface area contributed by atoms with Gasteiger partial charge in [-0.1, -0.05) is 0 Å². The van der Waals surface area contributed by atoms with E-state index in [2.05, 4.69) is 20.3 Å². The molecule has 1 aromatic rings. The van der Waals surface area contributed by atoms with Crippen LogP contribution in [0.15, 0.2) is 6.07 Å². The van der Waals surface area contributed by atoms with Crippen LogP contribution in [-0.4, -0.2) is 34.3 Å².